The van der Waals surface area contributed by atoms with Gasteiger partial charge in [0.05, 0.1) is 13.0 Å². The van der Waals surface area contributed by atoms with Crippen LogP contribution in [0.2, 0.25) is 0 Å². The lowest BCUT2D eigenvalue weighted by Gasteiger charge is -2.37. The van der Waals surface area contributed by atoms with Crippen LogP contribution in [-0.2, 0) is 9.53 Å². The van der Waals surface area contributed by atoms with Gasteiger partial charge < -0.3 is 4.74 Å². The third-order valence-corrected chi connectivity index (χ3v) is 4.35. The normalized spacial score (nSPS) is 33.1. The van der Waals surface area contributed by atoms with E-state index in [9.17, 15) is 4.79 Å². The summed E-state index contributed by atoms with van der Waals surface area (Å²) >= 11 is 0. The first-order valence-electron chi connectivity index (χ1n) is 6.63. The zero-order valence-corrected chi connectivity index (χ0v) is 10.6. The number of carbonyl (C=O) groups is 1. The molecule has 1 saturated carbocycles. The largest absolute Gasteiger partial charge is 0.469 e. The molecule has 2 nitrogen and oxygen atoms in total. The smallest absolute Gasteiger partial charge is 0.308 e. The summed E-state index contributed by atoms with van der Waals surface area (Å²) in [6, 6.07) is 0. The van der Waals surface area contributed by atoms with Crippen molar-refractivity contribution in [3.05, 3.63) is 47.6 Å². The molecular formula is C16H18O2. The van der Waals surface area contributed by atoms with E-state index in [1.165, 1.54) is 18.3 Å². The molecule has 0 N–H and O–H groups in total. The van der Waals surface area contributed by atoms with Crippen molar-refractivity contribution in [1.29, 1.82) is 0 Å². The second-order valence-corrected chi connectivity index (χ2v) is 5.29. The van der Waals surface area contributed by atoms with Crippen LogP contribution >= 0.6 is 0 Å². The maximum atomic E-state index is 11.6. The predicted octanol–water partition coefficient (Wildman–Crippen LogP) is 3.18. The minimum absolute atomic E-state index is 0.0526. The molecule has 2 heteroatoms. The van der Waals surface area contributed by atoms with E-state index >= 15 is 0 Å². The molecule has 1 fully saturated rings. The van der Waals surface area contributed by atoms with E-state index in [-0.39, 0.29) is 11.9 Å². The van der Waals surface area contributed by atoms with Crippen LogP contribution in [0, 0.1) is 17.8 Å². The summed E-state index contributed by atoms with van der Waals surface area (Å²) in [5.74, 6) is 1.12. The molecule has 0 spiro atoms. The van der Waals surface area contributed by atoms with Gasteiger partial charge >= 0.3 is 5.97 Å². The lowest BCUT2D eigenvalue weighted by molar-refractivity contribution is -0.146. The van der Waals surface area contributed by atoms with E-state index in [4.69, 9.17) is 4.74 Å². The average Bonchev–Trinajstić information content (AvgIpc) is 2.45. The molecule has 0 aromatic heterocycles. The number of hydrogen-bond acceptors (Lipinski definition) is 2. The predicted molar refractivity (Wildman–Crippen MR) is 70.8 cm³/mol. The molecule has 0 amide bonds. The Kier molecular flexibility index (Phi) is 2.94. The number of methoxy groups -OCH3 is 1. The first-order valence-corrected chi connectivity index (χ1v) is 6.63. The average molecular weight is 242 g/mol. The van der Waals surface area contributed by atoms with E-state index in [2.05, 4.69) is 36.5 Å². The van der Waals surface area contributed by atoms with Crippen LogP contribution in [0.1, 0.15) is 19.3 Å². The zero-order chi connectivity index (χ0) is 12.5. The highest BCUT2D eigenvalue weighted by atomic mass is 16.5. The summed E-state index contributed by atoms with van der Waals surface area (Å²) in [6.07, 6.45) is 16.1. The molecule has 18 heavy (non-hydrogen) atoms. The molecular weight excluding hydrogens is 224 g/mol. The highest BCUT2D eigenvalue weighted by molar-refractivity contribution is 5.73. The number of fused-ring (bicyclic) bond motifs is 3. The standard InChI is InChI=1S/C16H18O2/c1-18-16(17)13-8-9-15-12(10-13)7-6-11-4-2-3-5-14(11)15/h2-7,13-15H,8-10H2,1H3. The van der Waals surface area contributed by atoms with Crippen molar-refractivity contribution in [3.63, 3.8) is 0 Å². The highest BCUT2D eigenvalue weighted by Gasteiger charge is 2.36. The highest BCUT2D eigenvalue weighted by Crippen LogP contribution is 2.44. The van der Waals surface area contributed by atoms with Crippen molar-refractivity contribution in [3.8, 4) is 0 Å². The number of carbonyl (C=O) groups excluding carboxylic acids is 1. The molecule has 0 aromatic rings. The number of allylic oxidation sites excluding steroid dienone is 8. The van der Waals surface area contributed by atoms with Gasteiger partial charge in [-0.2, -0.15) is 0 Å². The molecule has 0 saturated heterocycles. The van der Waals surface area contributed by atoms with Crippen LogP contribution in [0.15, 0.2) is 47.6 Å². The first kappa shape index (κ1) is 11.5. The fraction of sp³-hybridized carbons (Fsp3) is 0.438. The van der Waals surface area contributed by atoms with Crippen molar-refractivity contribution in [2.24, 2.45) is 17.8 Å². The Morgan fingerprint density at radius 1 is 1.28 bits per heavy atom. The Morgan fingerprint density at radius 2 is 2.17 bits per heavy atom. The summed E-state index contributed by atoms with van der Waals surface area (Å²) in [5.41, 5.74) is 2.83. The molecule has 3 atom stereocenters. The van der Waals surface area contributed by atoms with Gasteiger partial charge in [0, 0.05) is 5.92 Å². The molecule has 94 valence electrons. The van der Waals surface area contributed by atoms with Crippen molar-refractivity contribution in [1.82, 2.24) is 0 Å². The Bertz CT molecular complexity index is 479. The lowest BCUT2D eigenvalue weighted by Crippen LogP contribution is -2.30. The van der Waals surface area contributed by atoms with Crippen LogP contribution in [0.3, 0.4) is 0 Å². The monoisotopic (exact) mass is 242 g/mol. The molecule has 0 radical (unpaired) electrons. The fourth-order valence-electron chi connectivity index (χ4n) is 3.38. The van der Waals surface area contributed by atoms with Crippen LogP contribution in [-0.4, -0.2) is 13.1 Å². The fourth-order valence-corrected chi connectivity index (χ4v) is 3.38. The third-order valence-electron chi connectivity index (χ3n) is 4.35. The van der Waals surface area contributed by atoms with Crippen molar-refractivity contribution >= 4 is 5.97 Å². The Morgan fingerprint density at radius 3 is 3.00 bits per heavy atom. The molecule has 0 aliphatic heterocycles. The second kappa shape index (κ2) is 4.60. The van der Waals surface area contributed by atoms with Gasteiger partial charge in [0.2, 0.25) is 0 Å². The summed E-state index contributed by atoms with van der Waals surface area (Å²) in [6.45, 7) is 0. The van der Waals surface area contributed by atoms with Crippen molar-refractivity contribution < 1.29 is 9.53 Å². The van der Waals surface area contributed by atoms with E-state index < -0.39 is 0 Å². The van der Waals surface area contributed by atoms with Crippen molar-refractivity contribution in [2.75, 3.05) is 7.11 Å². The summed E-state index contributed by atoms with van der Waals surface area (Å²) in [4.78, 5) is 11.6. The molecule has 3 unspecified atom stereocenters. The maximum Gasteiger partial charge on any atom is 0.308 e. The van der Waals surface area contributed by atoms with Crippen LogP contribution in [0.5, 0.6) is 0 Å². The van der Waals surface area contributed by atoms with Gasteiger partial charge in [-0.1, -0.05) is 42.0 Å². The molecule has 3 aliphatic carbocycles. The Labute approximate surface area is 108 Å². The number of ether oxygens (including phenoxy) is 1. The molecule has 3 rings (SSSR count). The van der Waals surface area contributed by atoms with Gasteiger partial charge in [0.1, 0.15) is 0 Å². The van der Waals surface area contributed by atoms with Gasteiger partial charge in [0.25, 0.3) is 0 Å². The number of rotatable bonds is 1. The quantitative estimate of drug-likeness (QED) is 0.660. The van der Waals surface area contributed by atoms with Crippen LogP contribution in [0.4, 0.5) is 0 Å². The lowest BCUT2D eigenvalue weighted by atomic mass is 9.67. The molecule has 0 bridgehead atoms. The molecule has 3 aliphatic rings. The van der Waals surface area contributed by atoms with Crippen LogP contribution in [0.25, 0.3) is 0 Å². The second-order valence-electron chi connectivity index (χ2n) is 5.29. The van der Waals surface area contributed by atoms with Gasteiger partial charge in [-0.15, -0.1) is 0 Å². The number of hydrogen-bond donors (Lipinski definition) is 0. The van der Waals surface area contributed by atoms with Gasteiger partial charge in [-0.25, -0.2) is 0 Å². The van der Waals surface area contributed by atoms with Crippen LogP contribution < -0.4 is 0 Å². The molecule has 0 aromatic carbocycles. The van der Waals surface area contributed by atoms with E-state index in [0.29, 0.717) is 11.8 Å². The summed E-state index contributed by atoms with van der Waals surface area (Å²) < 4.78 is 4.87. The van der Waals surface area contributed by atoms with E-state index in [0.717, 1.165) is 19.3 Å². The maximum absolute atomic E-state index is 11.6. The first-order chi connectivity index (χ1) is 8.79. The Hall–Kier alpha value is -1.57. The van der Waals surface area contributed by atoms with Gasteiger partial charge in [0.15, 0.2) is 0 Å². The van der Waals surface area contributed by atoms with Gasteiger partial charge in [-0.05, 0) is 30.8 Å². The molecule has 0 heterocycles. The topological polar surface area (TPSA) is 26.3 Å². The minimum atomic E-state index is -0.0526. The summed E-state index contributed by atoms with van der Waals surface area (Å²) in [7, 11) is 1.48. The SMILES string of the molecule is COC(=O)C1CCC2C(=CC=C3C=CC=CC32)C1. The van der Waals surface area contributed by atoms with Crippen molar-refractivity contribution in [2.45, 2.75) is 19.3 Å². The number of esters is 1. The van der Waals surface area contributed by atoms with Gasteiger partial charge in [-0.3, -0.25) is 4.79 Å². The zero-order valence-electron chi connectivity index (χ0n) is 10.6. The minimum Gasteiger partial charge on any atom is -0.469 e. The van der Waals surface area contributed by atoms with E-state index in [1.807, 2.05) is 0 Å². The Balaban J connectivity index is 1.83. The van der Waals surface area contributed by atoms with E-state index in [1.54, 1.807) is 0 Å². The third kappa shape index (κ3) is 1.86. The summed E-state index contributed by atoms with van der Waals surface area (Å²) in [5, 5.41) is 0.